The maximum atomic E-state index is 11.5. The third-order valence-corrected chi connectivity index (χ3v) is 3.58. The Morgan fingerprint density at radius 1 is 1.33 bits per heavy atom. The van der Waals surface area contributed by atoms with Crippen molar-refractivity contribution in [2.24, 2.45) is 0 Å². The summed E-state index contributed by atoms with van der Waals surface area (Å²) in [5.74, 6) is 0.269. The zero-order valence-electron chi connectivity index (χ0n) is 11.7. The molecule has 1 aromatic heterocycles. The van der Waals surface area contributed by atoms with Gasteiger partial charge < -0.3 is 15.4 Å². The van der Waals surface area contributed by atoms with Crippen LogP contribution in [-0.2, 0) is 17.7 Å². The van der Waals surface area contributed by atoms with Gasteiger partial charge in [-0.1, -0.05) is 6.07 Å². The Labute approximate surface area is 122 Å². The minimum absolute atomic E-state index is 0.0772. The van der Waals surface area contributed by atoms with Crippen molar-refractivity contribution in [3.63, 3.8) is 0 Å². The molecule has 2 heterocycles. The van der Waals surface area contributed by atoms with Crippen molar-refractivity contribution in [2.75, 3.05) is 24.3 Å². The van der Waals surface area contributed by atoms with Crippen molar-refractivity contribution in [3.05, 3.63) is 47.4 Å². The van der Waals surface area contributed by atoms with E-state index in [0.717, 1.165) is 31.0 Å². The number of carbonyl (C=O) groups is 1. The van der Waals surface area contributed by atoms with Gasteiger partial charge in [-0.15, -0.1) is 0 Å². The topological polar surface area (TPSA) is 81.3 Å². The van der Waals surface area contributed by atoms with Crippen LogP contribution in [0.2, 0.25) is 0 Å². The number of carbonyl (C=O) groups excluding carboxylic acids is 1. The number of nitrogen functional groups attached to an aromatic ring is 1. The Kier molecular flexibility index (Phi) is 3.43. The predicted molar refractivity (Wildman–Crippen MR) is 79.0 cm³/mol. The van der Waals surface area contributed by atoms with Crippen LogP contribution in [0.25, 0.3) is 0 Å². The molecule has 2 N–H and O–H groups in total. The highest BCUT2D eigenvalue weighted by Gasteiger charge is 2.19. The van der Waals surface area contributed by atoms with Gasteiger partial charge in [-0.25, -0.2) is 14.8 Å². The first-order valence-electron chi connectivity index (χ1n) is 6.71. The Morgan fingerprint density at radius 3 is 3.00 bits per heavy atom. The molecule has 0 aliphatic carbocycles. The lowest BCUT2D eigenvalue weighted by atomic mass is 9.99. The average molecular weight is 284 g/mol. The molecule has 0 amide bonds. The molecule has 1 aliphatic heterocycles. The third-order valence-electron chi connectivity index (χ3n) is 3.58. The van der Waals surface area contributed by atoms with E-state index < -0.39 is 5.97 Å². The molecule has 0 atom stereocenters. The number of benzene rings is 1. The molecule has 3 rings (SSSR count). The summed E-state index contributed by atoms with van der Waals surface area (Å²) in [5, 5.41) is 0. The van der Waals surface area contributed by atoms with Crippen molar-refractivity contribution in [3.8, 4) is 0 Å². The highest BCUT2D eigenvalue weighted by molar-refractivity contribution is 5.85. The van der Waals surface area contributed by atoms with Crippen LogP contribution in [-0.4, -0.2) is 29.6 Å². The van der Waals surface area contributed by atoms with Gasteiger partial charge in [0.1, 0.15) is 5.82 Å². The van der Waals surface area contributed by atoms with Gasteiger partial charge in [0.2, 0.25) is 5.82 Å². The molecule has 6 heteroatoms. The minimum Gasteiger partial charge on any atom is -0.463 e. The lowest BCUT2D eigenvalue weighted by molar-refractivity contribution is 0.0587. The molecule has 108 valence electrons. The fraction of sp³-hybridized carbons (Fsp3) is 0.267. The number of methoxy groups -OCH3 is 1. The average Bonchev–Trinajstić information content (AvgIpc) is 2.53. The van der Waals surface area contributed by atoms with E-state index >= 15 is 0 Å². The highest BCUT2D eigenvalue weighted by Crippen LogP contribution is 2.24. The van der Waals surface area contributed by atoms with Crippen LogP contribution in [0.15, 0.2) is 30.5 Å². The van der Waals surface area contributed by atoms with Gasteiger partial charge >= 0.3 is 5.97 Å². The van der Waals surface area contributed by atoms with Crippen LogP contribution in [0.3, 0.4) is 0 Å². The van der Waals surface area contributed by atoms with Gasteiger partial charge in [-0.3, -0.25) is 0 Å². The maximum Gasteiger partial charge on any atom is 0.376 e. The van der Waals surface area contributed by atoms with E-state index in [4.69, 9.17) is 5.73 Å². The Bertz CT molecular complexity index is 687. The first kappa shape index (κ1) is 13.4. The molecule has 0 saturated heterocycles. The quantitative estimate of drug-likeness (QED) is 0.663. The number of fused-ring (bicyclic) bond motifs is 1. The number of rotatable bonds is 2. The SMILES string of the molecule is COC(=O)c1nccc(N2CCc3ccc(N)cc3C2)n1. The van der Waals surface area contributed by atoms with Crippen molar-refractivity contribution in [1.29, 1.82) is 0 Å². The first-order chi connectivity index (χ1) is 10.2. The van der Waals surface area contributed by atoms with Gasteiger partial charge in [0.25, 0.3) is 0 Å². The van der Waals surface area contributed by atoms with E-state index in [-0.39, 0.29) is 5.82 Å². The fourth-order valence-electron chi connectivity index (χ4n) is 2.49. The monoisotopic (exact) mass is 284 g/mol. The smallest absolute Gasteiger partial charge is 0.376 e. The van der Waals surface area contributed by atoms with E-state index in [1.165, 1.54) is 18.2 Å². The Hall–Kier alpha value is -2.63. The lowest BCUT2D eigenvalue weighted by Crippen LogP contribution is -2.31. The van der Waals surface area contributed by atoms with E-state index in [1.807, 2.05) is 12.1 Å². The van der Waals surface area contributed by atoms with Gasteiger partial charge in [0, 0.05) is 25.0 Å². The number of anilines is 2. The number of ether oxygens (including phenoxy) is 1. The third kappa shape index (κ3) is 2.65. The number of aromatic nitrogens is 2. The van der Waals surface area contributed by atoms with E-state index in [1.54, 1.807) is 12.3 Å². The molecule has 2 aromatic rings. The molecule has 1 aromatic carbocycles. The second-order valence-corrected chi connectivity index (χ2v) is 4.93. The number of nitrogens with two attached hydrogens (primary N) is 1. The summed E-state index contributed by atoms with van der Waals surface area (Å²) in [6, 6.07) is 7.78. The zero-order valence-corrected chi connectivity index (χ0v) is 11.7. The minimum atomic E-state index is -0.529. The second-order valence-electron chi connectivity index (χ2n) is 4.93. The molecule has 0 unspecified atom stereocenters. The van der Waals surface area contributed by atoms with E-state index in [2.05, 4.69) is 25.7 Å². The van der Waals surface area contributed by atoms with Crippen molar-refractivity contribution >= 4 is 17.5 Å². The molecule has 0 radical (unpaired) electrons. The van der Waals surface area contributed by atoms with Crippen LogP contribution < -0.4 is 10.6 Å². The molecule has 1 aliphatic rings. The maximum absolute atomic E-state index is 11.5. The van der Waals surface area contributed by atoms with E-state index in [9.17, 15) is 4.79 Å². The van der Waals surface area contributed by atoms with Gasteiger partial charge in [-0.2, -0.15) is 0 Å². The van der Waals surface area contributed by atoms with Crippen molar-refractivity contribution in [1.82, 2.24) is 9.97 Å². The number of hydrogen-bond acceptors (Lipinski definition) is 6. The number of hydrogen-bond donors (Lipinski definition) is 1. The highest BCUT2D eigenvalue weighted by atomic mass is 16.5. The van der Waals surface area contributed by atoms with Crippen molar-refractivity contribution < 1.29 is 9.53 Å². The Balaban J connectivity index is 1.87. The summed E-state index contributed by atoms with van der Waals surface area (Å²) < 4.78 is 4.65. The summed E-state index contributed by atoms with van der Waals surface area (Å²) in [6.45, 7) is 1.56. The summed E-state index contributed by atoms with van der Waals surface area (Å²) in [5.41, 5.74) is 9.10. The fourth-order valence-corrected chi connectivity index (χ4v) is 2.49. The first-order valence-corrected chi connectivity index (χ1v) is 6.71. The molecule has 0 saturated carbocycles. The summed E-state index contributed by atoms with van der Waals surface area (Å²) in [4.78, 5) is 21.8. The summed E-state index contributed by atoms with van der Waals surface area (Å²) >= 11 is 0. The summed E-state index contributed by atoms with van der Waals surface area (Å²) in [6.07, 6.45) is 2.50. The molecular formula is C15H16N4O2. The van der Waals surface area contributed by atoms with Gasteiger partial charge in [0.05, 0.1) is 7.11 Å². The second kappa shape index (κ2) is 5.40. The number of nitrogens with zero attached hydrogens (tertiary/aromatic N) is 3. The summed E-state index contributed by atoms with van der Waals surface area (Å²) in [7, 11) is 1.32. The van der Waals surface area contributed by atoms with Crippen LogP contribution in [0, 0.1) is 0 Å². The van der Waals surface area contributed by atoms with Crippen LogP contribution >= 0.6 is 0 Å². The normalized spacial score (nSPS) is 13.7. The number of esters is 1. The largest absolute Gasteiger partial charge is 0.463 e. The van der Waals surface area contributed by atoms with E-state index in [0.29, 0.717) is 0 Å². The van der Waals surface area contributed by atoms with Crippen LogP contribution in [0.4, 0.5) is 11.5 Å². The molecule has 21 heavy (non-hydrogen) atoms. The van der Waals surface area contributed by atoms with Crippen LogP contribution in [0.5, 0.6) is 0 Å². The Morgan fingerprint density at radius 2 is 2.19 bits per heavy atom. The lowest BCUT2D eigenvalue weighted by Gasteiger charge is -2.30. The predicted octanol–water partition coefficient (Wildman–Crippen LogP) is 1.41. The molecule has 0 bridgehead atoms. The van der Waals surface area contributed by atoms with Gasteiger partial charge in [-0.05, 0) is 35.7 Å². The molecule has 6 nitrogen and oxygen atoms in total. The van der Waals surface area contributed by atoms with Gasteiger partial charge in [0.15, 0.2) is 0 Å². The molecule has 0 spiro atoms. The zero-order chi connectivity index (χ0) is 14.8. The molecule has 0 fully saturated rings. The standard InChI is InChI=1S/C15H16N4O2/c1-21-15(20)14-17-6-4-13(18-14)19-7-5-10-2-3-12(16)8-11(10)9-19/h2-4,6,8H,5,7,9,16H2,1H3. The van der Waals surface area contributed by atoms with Crippen molar-refractivity contribution in [2.45, 2.75) is 13.0 Å². The molecular weight excluding hydrogens is 268 g/mol. The van der Waals surface area contributed by atoms with Crippen LogP contribution in [0.1, 0.15) is 21.7 Å².